The molecule has 0 bridgehead atoms. The number of carbonyl (C=O) groups excluding carboxylic acids is 2. The highest BCUT2D eigenvalue weighted by atomic mass is 16.7. The first kappa shape index (κ1) is 69.4. The van der Waals surface area contributed by atoms with Gasteiger partial charge in [-0.05, 0) is 83.5 Å². The van der Waals surface area contributed by atoms with E-state index in [-0.39, 0.29) is 18.5 Å². The minimum Gasteiger partial charge on any atom is -0.466 e. The number of aliphatic hydroxyl groups is 5. The molecular weight excluding hydrogens is 931 g/mol. The summed E-state index contributed by atoms with van der Waals surface area (Å²) in [4.78, 5) is 25.0. The van der Waals surface area contributed by atoms with Crippen LogP contribution in [0.15, 0.2) is 60.8 Å². The Kier molecular flexibility index (Phi) is 49.1. The summed E-state index contributed by atoms with van der Waals surface area (Å²) in [5.41, 5.74) is 0. The van der Waals surface area contributed by atoms with Gasteiger partial charge in [0.2, 0.25) is 5.91 Å². The maximum Gasteiger partial charge on any atom is 0.305 e. The van der Waals surface area contributed by atoms with E-state index >= 15 is 0 Å². The fourth-order valence-electron chi connectivity index (χ4n) is 9.27. The van der Waals surface area contributed by atoms with Crippen LogP contribution < -0.4 is 5.32 Å². The Hall–Kier alpha value is -2.64. The third kappa shape index (κ3) is 41.5. The van der Waals surface area contributed by atoms with Crippen LogP contribution >= 0.6 is 0 Å². The lowest BCUT2D eigenvalue weighted by Gasteiger charge is -2.40. The number of allylic oxidation sites excluding steroid dienone is 9. The highest BCUT2D eigenvalue weighted by Gasteiger charge is 2.44. The molecule has 1 rings (SSSR count). The molecule has 1 saturated heterocycles. The Bertz CT molecular complexity index is 1410. The lowest BCUT2D eigenvalue weighted by atomic mass is 9.99. The Balaban J connectivity index is 2.04. The molecule has 7 atom stereocenters. The zero-order valence-electron chi connectivity index (χ0n) is 47.3. The summed E-state index contributed by atoms with van der Waals surface area (Å²) in [5, 5.41) is 54.2. The highest BCUT2D eigenvalue weighted by molar-refractivity contribution is 5.76. The van der Waals surface area contributed by atoms with Crippen LogP contribution in [0.5, 0.6) is 0 Å². The molecule has 430 valence electrons. The maximum atomic E-state index is 13.0. The second-order valence-corrected chi connectivity index (χ2v) is 21.0. The first-order valence-electron chi connectivity index (χ1n) is 30.6. The van der Waals surface area contributed by atoms with Gasteiger partial charge in [-0.3, -0.25) is 9.59 Å². The number of hydrogen-bond donors (Lipinski definition) is 6. The van der Waals surface area contributed by atoms with E-state index in [1.165, 1.54) is 141 Å². The molecule has 0 aromatic carbocycles. The normalized spacial score (nSPS) is 19.3. The van der Waals surface area contributed by atoms with E-state index in [1.807, 2.05) is 6.08 Å². The summed E-state index contributed by atoms with van der Waals surface area (Å²) in [5.74, 6) is -0.209. The maximum absolute atomic E-state index is 13.0. The van der Waals surface area contributed by atoms with E-state index < -0.39 is 49.5 Å². The van der Waals surface area contributed by atoms with E-state index in [0.29, 0.717) is 19.4 Å². The third-order valence-electron chi connectivity index (χ3n) is 14.1. The number of carbonyl (C=O) groups is 2. The second kappa shape index (κ2) is 52.4. The van der Waals surface area contributed by atoms with Crippen molar-refractivity contribution in [1.82, 2.24) is 5.32 Å². The average molecular weight is 1040 g/mol. The molecular formula is C63H113NO10. The minimum atomic E-state index is -1.58. The topological polar surface area (TPSA) is 175 Å². The lowest BCUT2D eigenvalue weighted by molar-refractivity contribution is -0.302. The van der Waals surface area contributed by atoms with Crippen LogP contribution in [0.2, 0.25) is 0 Å². The zero-order chi connectivity index (χ0) is 53.8. The molecule has 7 unspecified atom stereocenters. The van der Waals surface area contributed by atoms with Gasteiger partial charge >= 0.3 is 5.97 Å². The summed E-state index contributed by atoms with van der Waals surface area (Å²) < 4.78 is 16.6. The van der Waals surface area contributed by atoms with Crippen LogP contribution in [0, 0.1) is 0 Å². The van der Waals surface area contributed by atoms with Gasteiger partial charge in [0.05, 0.1) is 32.0 Å². The molecule has 0 saturated carbocycles. The smallest absolute Gasteiger partial charge is 0.305 e. The van der Waals surface area contributed by atoms with Crippen molar-refractivity contribution in [1.29, 1.82) is 0 Å². The Labute approximate surface area is 452 Å². The van der Waals surface area contributed by atoms with Crippen LogP contribution in [-0.4, -0.2) is 100 Å². The molecule has 6 N–H and O–H groups in total. The molecule has 0 aromatic rings. The molecule has 0 aromatic heterocycles. The van der Waals surface area contributed by atoms with Crippen molar-refractivity contribution >= 4 is 11.9 Å². The third-order valence-corrected chi connectivity index (χ3v) is 14.1. The van der Waals surface area contributed by atoms with Gasteiger partial charge in [0.1, 0.15) is 24.4 Å². The quantitative estimate of drug-likeness (QED) is 0.0195. The van der Waals surface area contributed by atoms with Gasteiger partial charge in [-0.1, -0.05) is 229 Å². The number of ether oxygens (including phenoxy) is 3. The van der Waals surface area contributed by atoms with Crippen molar-refractivity contribution in [3.8, 4) is 0 Å². The van der Waals surface area contributed by atoms with Gasteiger partial charge in [-0.25, -0.2) is 0 Å². The van der Waals surface area contributed by atoms with Gasteiger partial charge in [-0.2, -0.15) is 0 Å². The predicted octanol–water partition coefficient (Wildman–Crippen LogP) is 14.2. The lowest BCUT2D eigenvalue weighted by Crippen LogP contribution is -2.60. The Morgan fingerprint density at radius 1 is 0.514 bits per heavy atom. The van der Waals surface area contributed by atoms with E-state index in [2.05, 4.69) is 67.8 Å². The van der Waals surface area contributed by atoms with Crippen LogP contribution in [0.1, 0.15) is 264 Å². The molecule has 1 aliphatic rings. The van der Waals surface area contributed by atoms with Gasteiger partial charge < -0.3 is 45.1 Å². The molecule has 0 radical (unpaired) electrons. The van der Waals surface area contributed by atoms with Crippen LogP contribution in [0.25, 0.3) is 0 Å². The van der Waals surface area contributed by atoms with Crippen molar-refractivity contribution < 1.29 is 49.3 Å². The first-order chi connectivity index (χ1) is 36.2. The van der Waals surface area contributed by atoms with Gasteiger partial charge in [0.15, 0.2) is 6.29 Å². The summed E-state index contributed by atoms with van der Waals surface area (Å²) in [7, 11) is 0. The summed E-state index contributed by atoms with van der Waals surface area (Å²) in [6.45, 7) is 4.18. The predicted molar refractivity (Wildman–Crippen MR) is 306 cm³/mol. The monoisotopic (exact) mass is 1040 g/mol. The largest absolute Gasteiger partial charge is 0.466 e. The fraction of sp³-hybridized carbons (Fsp3) is 0.810. The number of esters is 1. The highest BCUT2D eigenvalue weighted by Crippen LogP contribution is 2.23. The number of hydrogen-bond acceptors (Lipinski definition) is 10. The number of rotatable bonds is 52. The van der Waals surface area contributed by atoms with Crippen molar-refractivity contribution in [3.63, 3.8) is 0 Å². The molecule has 11 nitrogen and oxygen atoms in total. The molecule has 1 fully saturated rings. The van der Waals surface area contributed by atoms with E-state index in [4.69, 9.17) is 14.2 Å². The van der Waals surface area contributed by atoms with Crippen molar-refractivity contribution in [3.05, 3.63) is 60.8 Å². The van der Waals surface area contributed by atoms with Crippen molar-refractivity contribution in [2.45, 2.75) is 307 Å². The molecule has 1 amide bonds. The van der Waals surface area contributed by atoms with E-state index in [1.54, 1.807) is 6.08 Å². The zero-order valence-corrected chi connectivity index (χ0v) is 47.3. The summed E-state index contributed by atoms with van der Waals surface area (Å²) >= 11 is 0. The fourth-order valence-corrected chi connectivity index (χ4v) is 9.27. The Morgan fingerprint density at radius 2 is 0.959 bits per heavy atom. The number of aliphatic hydroxyl groups excluding tert-OH is 5. The summed E-state index contributed by atoms with van der Waals surface area (Å²) in [6.07, 6.45) is 57.7. The number of unbranched alkanes of at least 4 members (excludes halogenated alkanes) is 30. The van der Waals surface area contributed by atoms with Crippen LogP contribution in [-0.2, 0) is 23.8 Å². The number of nitrogens with one attached hydrogen (secondary N) is 1. The first-order valence-corrected chi connectivity index (χ1v) is 30.6. The molecule has 74 heavy (non-hydrogen) atoms. The second-order valence-electron chi connectivity index (χ2n) is 21.0. The SMILES string of the molecule is CC/C=C/CC/C=C/CC/C=C/C(O)C(COC1OC(CO)C(O)C(O)C1O)NC(=O)CCCCCCCCCCC/C=C\C/C=C\CCCCCCCCCCCOC(=O)CCCCCCCCCCCCC. The Morgan fingerprint density at radius 3 is 1.47 bits per heavy atom. The molecule has 1 heterocycles. The van der Waals surface area contributed by atoms with Gasteiger partial charge in [0, 0.05) is 12.8 Å². The molecule has 1 aliphatic heterocycles. The van der Waals surface area contributed by atoms with E-state index in [9.17, 15) is 35.1 Å². The van der Waals surface area contributed by atoms with Crippen LogP contribution in [0.4, 0.5) is 0 Å². The van der Waals surface area contributed by atoms with Gasteiger partial charge in [-0.15, -0.1) is 0 Å². The average Bonchev–Trinajstić information content (AvgIpc) is 3.40. The van der Waals surface area contributed by atoms with Crippen LogP contribution in [0.3, 0.4) is 0 Å². The summed E-state index contributed by atoms with van der Waals surface area (Å²) in [6, 6.07) is -0.839. The van der Waals surface area contributed by atoms with E-state index in [0.717, 1.165) is 96.3 Å². The van der Waals surface area contributed by atoms with Gasteiger partial charge in [0.25, 0.3) is 0 Å². The molecule has 11 heteroatoms. The van der Waals surface area contributed by atoms with Crippen molar-refractivity contribution in [2.75, 3.05) is 19.8 Å². The molecule has 0 aliphatic carbocycles. The standard InChI is InChI=1S/C63H113NO10/c1-3-5-7-9-11-13-30-35-39-43-47-51-59(68)72-52-48-44-40-36-32-29-27-25-23-21-19-17-15-16-18-20-22-24-26-28-31-34-38-42-46-50-58(67)64-55(54-73-63-62(71)61(70)60(69)57(53-65)74-63)56(66)49-45-41-37-33-14-12-10-8-6-4-2/h6,8,14,16-19,33,45,49,55-57,60-63,65-66,69-71H,3-5,7,9-13,15,20-32,34-44,46-48,50-54H2,1-2H3,(H,64,67)/b8-6+,18-16-,19-17-,33-14+,49-45+. The molecule has 0 spiro atoms. The number of amides is 1. The van der Waals surface area contributed by atoms with Crippen molar-refractivity contribution in [2.24, 2.45) is 0 Å². The minimum absolute atomic E-state index is 0.00331.